The van der Waals surface area contributed by atoms with Crippen molar-refractivity contribution in [1.82, 2.24) is 20.2 Å². The Kier molecular flexibility index (Phi) is 4.34. The Morgan fingerprint density at radius 3 is 2.57 bits per heavy atom. The third-order valence-corrected chi connectivity index (χ3v) is 4.21. The van der Waals surface area contributed by atoms with Crippen molar-refractivity contribution in [3.05, 3.63) is 53.4 Å². The lowest BCUT2D eigenvalue weighted by Crippen LogP contribution is -2.16. The molecule has 0 bridgehead atoms. The molecule has 0 fully saturated rings. The number of benzene rings is 1. The second kappa shape index (κ2) is 6.42. The van der Waals surface area contributed by atoms with Gasteiger partial charge in [0.2, 0.25) is 0 Å². The first-order valence-corrected chi connectivity index (χ1v) is 8.29. The number of nitrogens with zero attached hydrogens (tertiary/aromatic N) is 4. The molecule has 0 aliphatic heterocycles. The van der Waals surface area contributed by atoms with Gasteiger partial charge in [-0.05, 0) is 6.07 Å². The number of rotatable bonds is 4. The summed E-state index contributed by atoms with van der Waals surface area (Å²) in [4.78, 5) is 8.89. The lowest BCUT2D eigenvalue weighted by atomic mass is 9.96. The van der Waals surface area contributed by atoms with E-state index in [1.54, 1.807) is 17.5 Å². The first kappa shape index (κ1) is 15.6. The van der Waals surface area contributed by atoms with Gasteiger partial charge in [0.25, 0.3) is 0 Å². The summed E-state index contributed by atoms with van der Waals surface area (Å²) >= 11 is 1.59. The average molecular weight is 325 g/mol. The zero-order valence-corrected chi connectivity index (χ0v) is 14.3. The molecule has 1 aromatic carbocycles. The smallest absolute Gasteiger partial charge is 0.147 e. The predicted molar refractivity (Wildman–Crippen MR) is 93.4 cm³/mol. The summed E-state index contributed by atoms with van der Waals surface area (Å²) in [7, 11) is 0. The van der Waals surface area contributed by atoms with Crippen molar-refractivity contribution in [3.63, 3.8) is 0 Å². The molecule has 6 heteroatoms. The third-order valence-electron chi connectivity index (χ3n) is 3.23. The molecule has 0 saturated heterocycles. The first-order chi connectivity index (χ1) is 11.0. The lowest BCUT2D eigenvalue weighted by molar-refractivity contribution is 0.546. The molecule has 5 nitrogen and oxygen atoms in total. The Morgan fingerprint density at radius 2 is 1.83 bits per heavy atom. The summed E-state index contributed by atoms with van der Waals surface area (Å²) in [6, 6.07) is 12.0. The number of hydrogen-bond acceptors (Lipinski definition) is 6. The topological polar surface area (TPSA) is 63.6 Å². The molecule has 23 heavy (non-hydrogen) atoms. The Morgan fingerprint density at radius 1 is 1.04 bits per heavy atom. The summed E-state index contributed by atoms with van der Waals surface area (Å²) in [5.41, 5.74) is 1.02. The van der Waals surface area contributed by atoms with Gasteiger partial charge in [-0.3, -0.25) is 0 Å². The maximum absolute atomic E-state index is 4.56. The molecule has 0 aliphatic rings. The molecule has 0 amide bonds. The highest BCUT2D eigenvalue weighted by atomic mass is 32.1. The fraction of sp³-hybridized carbons (Fsp3) is 0.294. The van der Waals surface area contributed by atoms with E-state index in [2.05, 4.69) is 46.3 Å². The van der Waals surface area contributed by atoms with Gasteiger partial charge in [0.05, 0.1) is 6.54 Å². The number of anilines is 1. The molecule has 0 aliphatic carbocycles. The van der Waals surface area contributed by atoms with Crippen molar-refractivity contribution in [2.24, 2.45) is 0 Å². The zero-order chi connectivity index (χ0) is 16.3. The van der Waals surface area contributed by atoms with Gasteiger partial charge in [0.15, 0.2) is 0 Å². The van der Waals surface area contributed by atoms with Gasteiger partial charge >= 0.3 is 0 Å². The van der Waals surface area contributed by atoms with Gasteiger partial charge in [0, 0.05) is 17.2 Å². The highest BCUT2D eigenvalue weighted by Crippen LogP contribution is 2.24. The second-order valence-corrected chi connectivity index (χ2v) is 7.30. The van der Waals surface area contributed by atoms with Gasteiger partial charge in [-0.15, -0.1) is 10.2 Å². The van der Waals surface area contributed by atoms with Crippen LogP contribution in [0.1, 0.15) is 31.6 Å². The van der Waals surface area contributed by atoms with Gasteiger partial charge in [-0.25, -0.2) is 9.97 Å². The summed E-state index contributed by atoms with van der Waals surface area (Å²) in [5.74, 6) is 1.63. The van der Waals surface area contributed by atoms with E-state index in [4.69, 9.17) is 0 Å². The van der Waals surface area contributed by atoms with E-state index >= 15 is 0 Å². The van der Waals surface area contributed by atoms with Crippen molar-refractivity contribution in [1.29, 1.82) is 0 Å². The number of aromatic nitrogens is 4. The summed E-state index contributed by atoms with van der Waals surface area (Å²) in [6.45, 7) is 6.90. The molecule has 0 atom stereocenters. The zero-order valence-electron chi connectivity index (χ0n) is 13.4. The quantitative estimate of drug-likeness (QED) is 0.788. The largest absolute Gasteiger partial charge is 0.363 e. The van der Waals surface area contributed by atoms with Crippen LogP contribution in [-0.2, 0) is 12.0 Å². The lowest BCUT2D eigenvalue weighted by Gasteiger charge is -2.16. The summed E-state index contributed by atoms with van der Waals surface area (Å²) in [6.07, 6.45) is 1.78. The van der Waals surface area contributed by atoms with Crippen LogP contribution in [-0.4, -0.2) is 20.2 Å². The fourth-order valence-corrected chi connectivity index (χ4v) is 2.79. The van der Waals surface area contributed by atoms with E-state index in [9.17, 15) is 0 Å². The van der Waals surface area contributed by atoms with Crippen molar-refractivity contribution in [3.8, 4) is 10.6 Å². The first-order valence-electron chi connectivity index (χ1n) is 7.47. The van der Waals surface area contributed by atoms with Crippen LogP contribution in [0.15, 0.2) is 42.6 Å². The molecule has 3 rings (SSSR count). The highest BCUT2D eigenvalue weighted by molar-refractivity contribution is 7.14. The third kappa shape index (κ3) is 3.90. The minimum atomic E-state index is -0.0685. The molecule has 118 valence electrons. The molecular formula is C17H19N5S. The molecular weight excluding hydrogens is 306 g/mol. The SMILES string of the molecule is CC(C)(C)c1nccc(NCc2nnc(-c3ccccc3)s2)n1. The van der Waals surface area contributed by atoms with Gasteiger partial charge in [0.1, 0.15) is 21.7 Å². The van der Waals surface area contributed by atoms with Crippen molar-refractivity contribution in [2.75, 3.05) is 5.32 Å². The van der Waals surface area contributed by atoms with Crippen molar-refractivity contribution >= 4 is 17.2 Å². The average Bonchev–Trinajstić information content (AvgIpc) is 3.02. The van der Waals surface area contributed by atoms with Crippen LogP contribution in [0.5, 0.6) is 0 Å². The van der Waals surface area contributed by atoms with E-state index in [1.165, 1.54) is 0 Å². The van der Waals surface area contributed by atoms with E-state index in [0.29, 0.717) is 6.54 Å². The monoisotopic (exact) mass is 325 g/mol. The van der Waals surface area contributed by atoms with Gasteiger partial charge < -0.3 is 5.32 Å². The predicted octanol–water partition coefficient (Wildman–Crippen LogP) is 3.90. The molecule has 2 aromatic heterocycles. The minimum absolute atomic E-state index is 0.0685. The van der Waals surface area contributed by atoms with Gasteiger partial charge in [-0.1, -0.05) is 62.4 Å². The van der Waals surface area contributed by atoms with E-state index < -0.39 is 0 Å². The molecule has 2 heterocycles. The standard InChI is InChI=1S/C17H19N5S/c1-17(2,3)16-18-10-9-13(20-16)19-11-14-21-22-15(23-14)12-7-5-4-6-8-12/h4-10H,11H2,1-3H3,(H,18,19,20). The van der Waals surface area contributed by atoms with Crippen LogP contribution in [0.2, 0.25) is 0 Å². The van der Waals surface area contributed by atoms with Crippen molar-refractivity contribution < 1.29 is 0 Å². The highest BCUT2D eigenvalue weighted by Gasteiger charge is 2.17. The molecule has 0 unspecified atom stereocenters. The van der Waals surface area contributed by atoms with Crippen LogP contribution in [0, 0.1) is 0 Å². The molecule has 3 aromatic rings. The molecule has 0 spiro atoms. The van der Waals surface area contributed by atoms with E-state index in [-0.39, 0.29) is 5.41 Å². The molecule has 0 saturated carbocycles. The van der Waals surface area contributed by atoms with Gasteiger partial charge in [-0.2, -0.15) is 0 Å². The fourth-order valence-electron chi connectivity index (χ4n) is 2.01. The summed E-state index contributed by atoms with van der Waals surface area (Å²) < 4.78 is 0. The Labute approximate surface area is 139 Å². The molecule has 0 radical (unpaired) electrons. The normalized spacial score (nSPS) is 11.4. The van der Waals surface area contributed by atoms with Crippen LogP contribution in [0.3, 0.4) is 0 Å². The van der Waals surface area contributed by atoms with Crippen LogP contribution < -0.4 is 5.32 Å². The van der Waals surface area contributed by atoms with Crippen LogP contribution >= 0.6 is 11.3 Å². The maximum atomic E-state index is 4.56. The van der Waals surface area contributed by atoms with E-state index in [0.717, 1.165) is 27.2 Å². The maximum Gasteiger partial charge on any atom is 0.147 e. The molecule has 1 N–H and O–H groups in total. The van der Waals surface area contributed by atoms with Crippen molar-refractivity contribution in [2.45, 2.75) is 32.7 Å². The number of hydrogen-bond donors (Lipinski definition) is 1. The Hall–Kier alpha value is -2.34. The number of nitrogens with one attached hydrogen (secondary N) is 1. The van der Waals surface area contributed by atoms with Crippen LogP contribution in [0.25, 0.3) is 10.6 Å². The summed E-state index contributed by atoms with van der Waals surface area (Å²) in [5, 5.41) is 13.6. The minimum Gasteiger partial charge on any atom is -0.363 e. The second-order valence-electron chi connectivity index (χ2n) is 6.24. The van der Waals surface area contributed by atoms with E-state index in [1.807, 2.05) is 36.4 Å². The Balaban J connectivity index is 1.69. The van der Waals surface area contributed by atoms with Crippen LogP contribution in [0.4, 0.5) is 5.82 Å². The Bertz CT molecular complexity index is 777.